The Morgan fingerprint density at radius 1 is 1.39 bits per heavy atom. The van der Waals surface area contributed by atoms with Crippen LogP contribution in [0.1, 0.15) is 17.0 Å². The number of nitrogens with zero attached hydrogens (tertiary/aromatic N) is 2. The Morgan fingerprint density at radius 3 is 2.67 bits per heavy atom. The molecule has 0 amide bonds. The van der Waals surface area contributed by atoms with E-state index in [2.05, 4.69) is 38.5 Å². The fourth-order valence-corrected chi connectivity index (χ4v) is 2.40. The minimum atomic E-state index is 0.727. The van der Waals surface area contributed by atoms with Gasteiger partial charge in [0.25, 0.3) is 0 Å². The summed E-state index contributed by atoms with van der Waals surface area (Å²) in [4.78, 5) is 0. The highest BCUT2D eigenvalue weighted by atomic mass is 79.9. The van der Waals surface area contributed by atoms with Crippen molar-refractivity contribution in [2.45, 2.75) is 20.4 Å². The van der Waals surface area contributed by atoms with Gasteiger partial charge in [-0.1, -0.05) is 33.6 Å². The molecule has 18 heavy (non-hydrogen) atoms. The molecule has 0 bridgehead atoms. The van der Waals surface area contributed by atoms with Crippen LogP contribution in [-0.2, 0) is 6.54 Å². The van der Waals surface area contributed by atoms with Gasteiger partial charge in [0, 0.05) is 11.0 Å². The standard InChI is InChI=1S/C13H15BrClN3/c1-8-13(15)9(2)18(17-8)12-6-11(14)5-4-10(12)7-16-3/h4-6,16H,7H2,1-3H3. The van der Waals surface area contributed by atoms with Crippen LogP contribution >= 0.6 is 27.5 Å². The van der Waals surface area contributed by atoms with E-state index in [1.54, 1.807) is 0 Å². The molecule has 0 atom stereocenters. The number of aromatic nitrogens is 2. The summed E-state index contributed by atoms with van der Waals surface area (Å²) in [5.74, 6) is 0. The van der Waals surface area contributed by atoms with Crippen molar-refractivity contribution in [1.82, 2.24) is 15.1 Å². The van der Waals surface area contributed by atoms with Crippen LogP contribution in [0.3, 0.4) is 0 Å². The molecule has 0 aliphatic rings. The number of hydrogen-bond donors (Lipinski definition) is 1. The normalized spacial score (nSPS) is 10.9. The predicted molar refractivity (Wildman–Crippen MR) is 78.5 cm³/mol. The van der Waals surface area contributed by atoms with Crippen LogP contribution in [0, 0.1) is 13.8 Å². The molecule has 0 saturated carbocycles. The van der Waals surface area contributed by atoms with Gasteiger partial charge in [0.15, 0.2) is 0 Å². The molecule has 0 spiro atoms. The second-order valence-electron chi connectivity index (χ2n) is 4.20. The molecule has 1 heterocycles. The van der Waals surface area contributed by atoms with Crippen molar-refractivity contribution in [2.75, 3.05) is 7.05 Å². The van der Waals surface area contributed by atoms with Crippen molar-refractivity contribution in [3.8, 4) is 5.69 Å². The Labute approximate surface area is 120 Å². The highest BCUT2D eigenvalue weighted by Crippen LogP contribution is 2.26. The molecule has 0 aliphatic carbocycles. The Morgan fingerprint density at radius 2 is 2.11 bits per heavy atom. The molecular weight excluding hydrogens is 314 g/mol. The first kappa shape index (κ1) is 13.6. The molecule has 0 saturated heterocycles. The van der Waals surface area contributed by atoms with Crippen LogP contribution in [0.25, 0.3) is 5.69 Å². The van der Waals surface area contributed by atoms with E-state index in [-0.39, 0.29) is 0 Å². The number of halogens is 2. The van der Waals surface area contributed by atoms with Gasteiger partial charge in [0.1, 0.15) is 0 Å². The molecule has 1 aromatic heterocycles. The Bertz CT molecular complexity index is 578. The summed E-state index contributed by atoms with van der Waals surface area (Å²) in [5.41, 5.74) is 4.04. The number of rotatable bonds is 3. The van der Waals surface area contributed by atoms with Crippen LogP contribution in [0.2, 0.25) is 5.02 Å². The minimum absolute atomic E-state index is 0.727. The molecule has 0 fully saturated rings. The van der Waals surface area contributed by atoms with E-state index in [1.165, 1.54) is 5.56 Å². The number of aryl methyl sites for hydroxylation is 1. The summed E-state index contributed by atoms with van der Waals surface area (Å²) < 4.78 is 2.93. The Kier molecular flexibility index (Phi) is 4.10. The first-order chi connectivity index (χ1) is 8.54. The predicted octanol–water partition coefficient (Wildman–Crippen LogP) is 3.62. The average molecular weight is 329 g/mol. The second-order valence-corrected chi connectivity index (χ2v) is 5.49. The summed E-state index contributed by atoms with van der Waals surface area (Å²) in [5, 5.41) is 8.39. The van der Waals surface area contributed by atoms with E-state index in [1.807, 2.05) is 31.6 Å². The lowest BCUT2D eigenvalue weighted by Gasteiger charge is -2.11. The van der Waals surface area contributed by atoms with E-state index in [0.29, 0.717) is 0 Å². The van der Waals surface area contributed by atoms with Crippen molar-refractivity contribution in [2.24, 2.45) is 0 Å². The van der Waals surface area contributed by atoms with E-state index >= 15 is 0 Å². The monoisotopic (exact) mass is 327 g/mol. The third-order valence-electron chi connectivity index (χ3n) is 2.85. The first-order valence-electron chi connectivity index (χ1n) is 5.69. The Hall–Kier alpha value is -0.840. The first-order valence-corrected chi connectivity index (χ1v) is 6.86. The average Bonchev–Trinajstić information content (AvgIpc) is 2.60. The van der Waals surface area contributed by atoms with Crippen LogP contribution < -0.4 is 5.32 Å². The molecular formula is C13H15BrClN3. The Balaban J connectivity index is 2.61. The molecule has 0 radical (unpaired) electrons. The lowest BCUT2D eigenvalue weighted by atomic mass is 10.1. The lowest BCUT2D eigenvalue weighted by Crippen LogP contribution is -2.10. The second kappa shape index (κ2) is 5.43. The summed E-state index contributed by atoms with van der Waals surface area (Å²) >= 11 is 9.71. The van der Waals surface area contributed by atoms with Gasteiger partial charge in [-0.05, 0) is 38.6 Å². The summed E-state index contributed by atoms with van der Waals surface area (Å²) in [7, 11) is 1.93. The maximum atomic E-state index is 6.21. The fraction of sp³-hybridized carbons (Fsp3) is 0.308. The lowest BCUT2D eigenvalue weighted by molar-refractivity contribution is 0.774. The topological polar surface area (TPSA) is 29.9 Å². The van der Waals surface area contributed by atoms with E-state index in [4.69, 9.17) is 11.6 Å². The highest BCUT2D eigenvalue weighted by Gasteiger charge is 2.13. The molecule has 5 heteroatoms. The SMILES string of the molecule is CNCc1ccc(Br)cc1-n1nc(C)c(Cl)c1C. The van der Waals surface area contributed by atoms with Crippen molar-refractivity contribution >= 4 is 27.5 Å². The van der Waals surface area contributed by atoms with Gasteiger partial charge in [-0.3, -0.25) is 0 Å². The number of nitrogens with one attached hydrogen (secondary N) is 1. The fourth-order valence-electron chi connectivity index (χ4n) is 1.93. The third kappa shape index (κ3) is 2.46. The maximum Gasteiger partial charge on any atom is 0.0848 e. The molecule has 96 valence electrons. The zero-order chi connectivity index (χ0) is 13.3. The van der Waals surface area contributed by atoms with Crippen molar-refractivity contribution in [1.29, 1.82) is 0 Å². The largest absolute Gasteiger partial charge is 0.316 e. The molecule has 1 N–H and O–H groups in total. The van der Waals surface area contributed by atoms with Crippen molar-refractivity contribution in [3.05, 3.63) is 44.6 Å². The minimum Gasteiger partial charge on any atom is -0.316 e. The summed E-state index contributed by atoms with van der Waals surface area (Å²) in [6, 6.07) is 6.17. The van der Waals surface area contributed by atoms with Crippen LogP contribution in [0.15, 0.2) is 22.7 Å². The van der Waals surface area contributed by atoms with Crippen molar-refractivity contribution in [3.63, 3.8) is 0 Å². The van der Waals surface area contributed by atoms with Gasteiger partial charge in [-0.2, -0.15) is 5.10 Å². The highest BCUT2D eigenvalue weighted by molar-refractivity contribution is 9.10. The quantitative estimate of drug-likeness (QED) is 0.932. The van der Waals surface area contributed by atoms with Gasteiger partial charge in [0.2, 0.25) is 0 Å². The molecule has 2 aromatic rings. The molecule has 0 aliphatic heterocycles. The number of hydrogen-bond acceptors (Lipinski definition) is 2. The summed E-state index contributed by atoms with van der Waals surface area (Å²) in [6.07, 6.45) is 0. The van der Waals surface area contributed by atoms with Gasteiger partial charge in [-0.25, -0.2) is 4.68 Å². The zero-order valence-electron chi connectivity index (χ0n) is 10.6. The van der Waals surface area contributed by atoms with E-state index in [0.717, 1.165) is 33.1 Å². The molecule has 1 aromatic carbocycles. The zero-order valence-corrected chi connectivity index (χ0v) is 12.9. The van der Waals surface area contributed by atoms with Crippen LogP contribution in [0.5, 0.6) is 0 Å². The van der Waals surface area contributed by atoms with E-state index < -0.39 is 0 Å². The molecule has 3 nitrogen and oxygen atoms in total. The molecule has 0 unspecified atom stereocenters. The van der Waals surface area contributed by atoms with Gasteiger partial charge >= 0.3 is 0 Å². The summed E-state index contributed by atoms with van der Waals surface area (Å²) in [6.45, 7) is 4.69. The third-order valence-corrected chi connectivity index (χ3v) is 3.89. The van der Waals surface area contributed by atoms with Crippen LogP contribution in [0.4, 0.5) is 0 Å². The van der Waals surface area contributed by atoms with Gasteiger partial charge < -0.3 is 5.32 Å². The van der Waals surface area contributed by atoms with E-state index in [9.17, 15) is 0 Å². The van der Waals surface area contributed by atoms with Gasteiger partial charge in [-0.15, -0.1) is 0 Å². The van der Waals surface area contributed by atoms with Crippen molar-refractivity contribution < 1.29 is 0 Å². The van der Waals surface area contributed by atoms with Gasteiger partial charge in [0.05, 0.1) is 22.1 Å². The smallest absolute Gasteiger partial charge is 0.0848 e. The number of benzene rings is 1. The molecule has 2 rings (SSSR count). The van der Waals surface area contributed by atoms with Crippen LogP contribution in [-0.4, -0.2) is 16.8 Å². The maximum absolute atomic E-state index is 6.21.